The van der Waals surface area contributed by atoms with E-state index in [0.29, 0.717) is 28.8 Å². The summed E-state index contributed by atoms with van der Waals surface area (Å²) in [6.07, 6.45) is 3.26. The zero-order valence-electron chi connectivity index (χ0n) is 17.1. The summed E-state index contributed by atoms with van der Waals surface area (Å²) in [6, 6.07) is 24.8. The van der Waals surface area contributed by atoms with Gasteiger partial charge in [-0.3, -0.25) is 9.63 Å². The zero-order chi connectivity index (χ0) is 21.8. The third-order valence-corrected chi connectivity index (χ3v) is 5.06. The summed E-state index contributed by atoms with van der Waals surface area (Å²) in [6.45, 7) is 0.678. The lowest BCUT2D eigenvalue weighted by Gasteiger charge is -2.10. The molecular formula is C25H20N4O3. The molecule has 0 atom stereocenters. The van der Waals surface area contributed by atoms with Crippen molar-refractivity contribution in [2.45, 2.75) is 13.2 Å². The van der Waals surface area contributed by atoms with Gasteiger partial charge in [0, 0.05) is 5.56 Å². The summed E-state index contributed by atoms with van der Waals surface area (Å²) in [5.41, 5.74) is 6.12. The predicted octanol–water partition coefficient (Wildman–Crippen LogP) is 4.60. The molecule has 0 radical (unpaired) electrons. The lowest BCUT2D eigenvalue weighted by Crippen LogP contribution is -2.24. The molecule has 0 spiro atoms. The van der Waals surface area contributed by atoms with Gasteiger partial charge in [-0.25, -0.2) is 15.1 Å². The second kappa shape index (κ2) is 8.87. The molecule has 32 heavy (non-hydrogen) atoms. The van der Waals surface area contributed by atoms with Crippen LogP contribution in [0.5, 0.6) is 0 Å². The van der Waals surface area contributed by atoms with Crippen LogP contribution in [0, 0.1) is 0 Å². The molecule has 0 aliphatic carbocycles. The number of nitrogens with one attached hydrogen (secondary N) is 1. The van der Waals surface area contributed by atoms with Crippen molar-refractivity contribution in [2.75, 3.05) is 0 Å². The molecule has 0 unspecified atom stereocenters. The van der Waals surface area contributed by atoms with Gasteiger partial charge < -0.3 is 4.42 Å². The molecule has 1 N–H and O–H groups in total. The van der Waals surface area contributed by atoms with Crippen LogP contribution in [0.3, 0.4) is 0 Å². The molecule has 3 heterocycles. The molecule has 158 valence electrons. The molecule has 7 heteroatoms. The molecule has 5 aromatic rings. The summed E-state index contributed by atoms with van der Waals surface area (Å²) in [4.78, 5) is 23.3. The Kier molecular flexibility index (Phi) is 5.47. The number of hydrogen-bond donors (Lipinski definition) is 1. The number of nitrogens with zero attached hydrogens (tertiary/aromatic N) is 3. The van der Waals surface area contributed by atoms with Crippen molar-refractivity contribution < 1.29 is 14.0 Å². The second-order valence-corrected chi connectivity index (χ2v) is 7.25. The maximum atomic E-state index is 13.0. The summed E-state index contributed by atoms with van der Waals surface area (Å²) in [7, 11) is 0. The van der Waals surface area contributed by atoms with Crippen molar-refractivity contribution in [1.82, 2.24) is 20.2 Å². The van der Waals surface area contributed by atoms with E-state index in [2.05, 4.69) is 10.6 Å². The van der Waals surface area contributed by atoms with Crippen molar-refractivity contribution in [3.63, 3.8) is 0 Å². The average molecular weight is 424 g/mol. The van der Waals surface area contributed by atoms with Crippen LogP contribution in [0.1, 0.15) is 21.7 Å². The minimum atomic E-state index is -0.358. The fourth-order valence-electron chi connectivity index (χ4n) is 3.47. The van der Waals surface area contributed by atoms with E-state index in [1.54, 1.807) is 23.2 Å². The van der Waals surface area contributed by atoms with E-state index < -0.39 is 0 Å². The van der Waals surface area contributed by atoms with E-state index in [1.165, 1.54) is 0 Å². The number of rotatable bonds is 7. The van der Waals surface area contributed by atoms with E-state index in [1.807, 2.05) is 72.8 Å². The lowest BCUT2D eigenvalue weighted by molar-refractivity contribution is 0.0235. The van der Waals surface area contributed by atoms with Crippen LogP contribution in [-0.4, -0.2) is 20.7 Å². The van der Waals surface area contributed by atoms with Crippen LogP contribution in [-0.2, 0) is 18.0 Å². The third-order valence-electron chi connectivity index (χ3n) is 5.06. The standard InChI is InChI=1S/C25H20N4O3/c30-25(28-32-17-18-8-3-1-4-9-18)21-14-23(19-10-5-2-6-11-19)27-24-22(21)15-26-29(24)16-20-12-7-13-31-20/h1-15H,16-17H2,(H,28,30). The number of carbonyl (C=O) groups excluding carboxylic acids is 1. The smallest absolute Gasteiger partial charge is 0.275 e. The minimum absolute atomic E-state index is 0.268. The highest BCUT2D eigenvalue weighted by atomic mass is 16.6. The average Bonchev–Trinajstić information content (AvgIpc) is 3.50. The predicted molar refractivity (Wildman–Crippen MR) is 119 cm³/mol. The zero-order valence-corrected chi connectivity index (χ0v) is 17.1. The monoisotopic (exact) mass is 424 g/mol. The first kappa shape index (κ1) is 19.7. The summed E-state index contributed by atoms with van der Waals surface area (Å²) in [5, 5.41) is 5.09. The van der Waals surface area contributed by atoms with Gasteiger partial charge in [0.1, 0.15) is 12.3 Å². The molecule has 7 nitrogen and oxygen atoms in total. The first-order chi connectivity index (χ1) is 15.8. The van der Waals surface area contributed by atoms with Crippen LogP contribution in [0.15, 0.2) is 95.7 Å². The Hall–Kier alpha value is -4.23. The van der Waals surface area contributed by atoms with Crippen molar-refractivity contribution in [2.24, 2.45) is 0 Å². The van der Waals surface area contributed by atoms with Gasteiger partial charge in [-0.1, -0.05) is 60.7 Å². The van der Waals surface area contributed by atoms with Crippen LogP contribution in [0.4, 0.5) is 0 Å². The van der Waals surface area contributed by atoms with E-state index in [4.69, 9.17) is 14.2 Å². The molecule has 0 saturated carbocycles. The summed E-state index contributed by atoms with van der Waals surface area (Å²) < 4.78 is 7.18. The van der Waals surface area contributed by atoms with Crippen molar-refractivity contribution >= 4 is 16.9 Å². The van der Waals surface area contributed by atoms with Gasteiger partial charge in [-0.15, -0.1) is 0 Å². The molecule has 0 saturated heterocycles. The summed E-state index contributed by atoms with van der Waals surface area (Å²) >= 11 is 0. The van der Waals surface area contributed by atoms with Gasteiger partial charge in [-0.2, -0.15) is 5.10 Å². The van der Waals surface area contributed by atoms with E-state index in [0.717, 1.165) is 16.9 Å². The maximum Gasteiger partial charge on any atom is 0.275 e. The Morgan fingerprint density at radius 1 is 1.00 bits per heavy atom. The maximum absolute atomic E-state index is 13.0. The number of hydroxylamine groups is 1. The van der Waals surface area contributed by atoms with Crippen LogP contribution < -0.4 is 5.48 Å². The fraction of sp³-hybridized carbons (Fsp3) is 0.0800. The Bertz CT molecular complexity index is 1330. The Morgan fingerprint density at radius 2 is 1.78 bits per heavy atom. The number of hydrogen-bond acceptors (Lipinski definition) is 5. The van der Waals surface area contributed by atoms with Crippen molar-refractivity contribution in [3.8, 4) is 11.3 Å². The molecule has 3 aromatic heterocycles. The van der Waals surface area contributed by atoms with Gasteiger partial charge in [0.05, 0.1) is 35.7 Å². The summed E-state index contributed by atoms with van der Waals surface area (Å²) in [5.74, 6) is 0.391. The number of furan rings is 1. The number of pyridine rings is 1. The van der Waals surface area contributed by atoms with E-state index in [9.17, 15) is 4.79 Å². The molecule has 5 rings (SSSR count). The number of fused-ring (bicyclic) bond motifs is 1. The van der Waals surface area contributed by atoms with Gasteiger partial charge in [0.2, 0.25) is 0 Å². The molecular weight excluding hydrogens is 404 g/mol. The quantitative estimate of drug-likeness (QED) is 0.386. The van der Waals surface area contributed by atoms with Gasteiger partial charge in [0.15, 0.2) is 5.65 Å². The first-order valence-electron chi connectivity index (χ1n) is 10.2. The molecule has 2 aromatic carbocycles. The highest BCUT2D eigenvalue weighted by Crippen LogP contribution is 2.25. The number of aromatic nitrogens is 3. The molecule has 1 amide bonds. The van der Waals surface area contributed by atoms with Crippen molar-refractivity contribution in [3.05, 3.63) is 108 Å². The van der Waals surface area contributed by atoms with Gasteiger partial charge in [0.25, 0.3) is 5.91 Å². The number of carbonyl (C=O) groups is 1. The van der Waals surface area contributed by atoms with Crippen LogP contribution >= 0.6 is 0 Å². The molecule has 0 bridgehead atoms. The van der Waals surface area contributed by atoms with Crippen LogP contribution in [0.2, 0.25) is 0 Å². The minimum Gasteiger partial charge on any atom is -0.467 e. The third kappa shape index (κ3) is 4.14. The Balaban J connectivity index is 1.48. The highest BCUT2D eigenvalue weighted by Gasteiger charge is 2.18. The number of benzene rings is 2. The van der Waals surface area contributed by atoms with Gasteiger partial charge in [-0.05, 0) is 23.8 Å². The topological polar surface area (TPSA) is 82.2 Å². The van der Waals surface area contributed by atoms with Crippen LogP contribution in [0.25, 0.3) is 22.3 Å². The fourth-order valence-corrected chi connectivity index (χ4v) is 3.47. The van der Waals surface area contributed by atoms with E-state index in [-0.39, 0.29) is 12.5 Å². The molecule has 0 fully saturated rings. The second-order valence-electron chi connectivity index (χ2n) is 7.25. The van der Waals surface area contributed by atoms with E-state index >= 15 is 0 Å². The molecule has 0 aliphatic heterocycles. The molecule has 0 aliphatic rings. The first-order valence-corrected chi connectivity index (χ1v) is 10.2. The highest BCUT2D eigenvalue weighted by molar-refractivity contribution is 6.06. The number of amides is 1. The lowest BCUT2D eigenvalue weighted by atomic mass is 10.1. The normalized spacial score (nSPS) is 11.0. The van der Waals surface area contributed by atoms with Gasteiger partial charge >= 0.3 is 0 Å². The Morgan fingerprint density at radius 3 is 2.53 bits per heavy atom. The largest absolute Gasteiger partial charge is 0.467 e. The van der Waals surface area contributed by atoms with Crippen molar-refractivity contribution in [1.29, 1.82) is 0 Å². The SMILES string of the molecule is O=C(NOCc1ccccc1)c1cc(-c2ccccc2)nc2c1cnn2Cc1ccco1. The Labute approximate surface area is 184 Å².